The van der Waals surface area contributed by atoms with E-state index >= 15 is 0 Å². The van der Waals surface area contributed by atoms with Gasteiger partial charge < -0.3 is 35.0 Å². The average molecular weight is 676 g/mol. The molecule has 2 aromatic heterocycles. The number of nitrogens with zero attached hydrogens (tertiary/aromatic N) is 3. The molecule has 0 unspecified atom stereocenters. The summed E-state index contributed by atoms with van der Waals surface area (Å²) in [7, 11) is 1.31. The molecule has 260 valence electrons. The van der Waals surface area contributed by atoms with Crippen molar-refractivity contribution >= 4 is 33.8 Å². The Labute approximate surface area is 291 Å². The van der Waals surface area contributed by atoms with Crippen LogP contribution in [-0.4, -0.2) is 62.1 Å². The Hall–Kier alpha value is -4.90. The number of fused-ring (bicyclic) bond motifs is 6. The summed E-state index contributed by atoms with van der Waals surface area (Å²) in [5, 5.41) is 8.67. The number of H-pyrrole nitrogens is 2. The molecule has 3 aliphatic heterocycles. The lowest BCUT2D eigenvalue weighted by atomic mass is 9.92. The fourth-order valence-electron chi connectivity index (χ4n) is 8.09. The van der Waals surface area contributed by atoms with E-state index in [9.17, 15) is 9.59 Å². The van der Waals surface area contributed by atoms with Crippen molar-refractivity contribution in [3.8, 4) is 28.1 Å². The number of imidazole rings is 2. The number of methoxy groups -OCH3 is 1. The molecule has 0 bridgehead atoms. The van der Waals surface area contributed by atoms with Crippen LogP contribution >= 0.6 is 0 Å². The van der Waals surface area contributed by atoms with E-state index in [1.807, 2.05) is 24.9 Å². The van der Waals surface area contributed by atoms with Gasteiger partial charge in [0.15, 0.2) is 0 Å². The predicted molar refractivity (Wildman–Crippen MR) is 193 cm³/mol. The largest absolute Gasteiger partial charge is 0.488 e. The van der Waals surface area contributed by atoms with Crippen molar-refractivity contribution in [1.29, 1.82) is 0 Å². The fraction of sp³-hybridized carbons (Fsp3) is 0.436. The van der Waals surface area contributed by atoms with Gasteiger partial charge in [0.25, 0.3) is 0 Å². The van der Waals surface area contributed by atoms with E-state index in [0.717, 1.165) is 99.3 Å². The Morgan fingerprint density at radius 1 is 1.04 bits per heavy atom. The van der Waals surface area contributed by atoms with Crippen LogP contribution in [0.3, 0.4) is 0 Å². The zero-order chi connectivity index (χ0) is 34.7. The first-order valence-electron chi connectivity index (χ1n) is 17.9. The molecule has 3 aliphatic rings. The first-order chi connectivity index (χ1) is 24.2. The normalized spacial score (nSPS) is 22.6. The molecular weight excluding hydrogens is 630 g/mol. The summed E-state index contributed by atoms with van der Waals surface area (Å²) < 4.78 is 11.2. The molecule has 50 heavy (non-hydrogen) atoms. The zero-order valence-electron chi connectivity index (χ0n) is 29.3. The standard InChI is InChI=1S/C39H45N7O4/c1-6-20(2)34(45-39(48)49-5)38(47)46-22(4)8-14-32(46)37-40-18-31(43-37)24-9-11-26-25(15-24)19-50-33-17-27-23(16-28(26)33)10-13-29-35(27)44-36(42-29)30-12-7-21(3)41-30/h9-11,13,15-18,20-22,30,32,34,41H,6-8,12,14,19H2,1-5H3,(H,40,43)(H,42,44)(H,45,48)/t20-,21-,22-,30-,32-,34-/m0/s1. The highest BCUT2D eigenvalue weighted by Gasteiger charge is 2.41. The van der Waals surface area contributed by atoms with Gasteiger partial charge in [-0.2, -0.15) is 0 Å². The number of nitrogens with one attached hydrogen (secondary N) is 4. The van der Waals surface area contributed by atoms with Crippen LogP contribution < -0.4 is 15.4 Å². The average Bonchev–Trinajstić information content (AvgIpc) is 3.95. The highest BCUT2D eigenvalue weighted by atomic mass is 16.5. The molecule has 5 heterocycles. The SMILES string of the molecule is CC[C@H](C)[C@H](NC(=O)OC)C(=O)N1[C@@H](C)CC[C@H]1c1ncc(-c2ccc3c(c2)COc2cc4c(ccc5nc([C@@H]6CC[C@H](C)N6)[nH]c54)cc2-3)[nH]1. The van der Waals surface area contributed by atoms with E-state index in [-0.39, 0.29) is 30.0 Å². The molecule has 3 aromatic carbocycles. The summed E-state index contributed by atoms with van der Waals surface area (Å²) in [6.07, 6.45) is 5.87. The second kappa shape index (κ2) is 12.8. The zero-order valence-corrected chi connectivity index (χ0v) is 29.3. The molecule has 11 nitrogen and oxygen atoms in total. The summed E-state index contributed by atoms with van der Waals surface area (Å²) >= 11 is 0. The van der Waals surface area contributed by atoms with Gasteiger partial charge in [0, 0.05) is 23.0 Å². The van der Waals surface area contributed by atoms with Crippen LogP contribution in [0.15, 0.2) is 48.7 Å². The predicted octanol–water partition coefficient (Wildman–Crippen LogP) is 7.30. The number of alkyl carbamates (subject to hydrolysis) is 1. The van der Waals surface area contributed by atoms with Gasteiger partial charge in [0.05, 0.1) is 42.1 Å². The molecule has 0 spiro atoms. The van der Waals surface area contributed by atoms with Crippen molar-refractivity contribution in [3.05, 3.63) is 65.9 Å². The van der Waals surface area contributed by atoms with Crippen LogP contribution in [0.25, 0.3) is 44.2 Å². The number of carbonyl (C=O) groups excluding carboxylic acids is 2. The van der Waals surface area contributed by atoms with Gasteiger partial charge in [-0.3, -0.25) is 4.79 Å². The van der Waals surface area contributed by atoms with Crippen LogP contribution in [0.5, 0.6) is 5.75 Å². The second-order valence-corrected chi connectivity index (χ2v) is 14.4. The van der Waals surface area contributed by atoms with E-state index in [1.54, 1.807) is 0 Å². The number of ether oxygens (including phenoxy) is 2. The maximum Gasteiger partial charge on any atom is 0.407 e. The first kappa shape index (κ1) is 32.3. The molecular formula is C39H45N7O4. The van der Waals surface area contributed by atoms with Crippen molar-refractivity contribution in [2.75, 3.05) is 7.11 Å². The molecule has 11 heteroatoms. The molecule has 0 aliphatic carbocycles. The van der Waals surface area contributed by atoms with Crippen LogP contribution in [0.4, 0.5) is 4.79 Å². The summed E-state index contributed by atoms with van der Waals surface area (Å²) in [6, 6.07) is 15.0. The van der Waals surface area contributed by atoms with Crippen molar-refractivity contribution in [1.82, 2.24) is 35.5 Å². The summed E-state index contributed by atoms with van der Waals surface area (Å²) in [5.41, 5.74) is 7.25. The molecule has 2 fully saturated rings. The molecule has 8 rings (SSSR count). The number of rotatable bonds is 7. The van der Waals surface area contributed by atoms with E-state index < -0.39 is 12.1 Å². The quantitative estimate of drug-likeness (QED) is 0.142. The van der Waals surface area contributed by atoms with Gasteiger partial charge in [0.1, 0.15) is 30.0 Å². The van der Waals surface area contributed by atoms with E-state index in [4.69, 9.17) is 19.4 Å². The molecule has 2 saturated heterocycles. The Morgan fingerprint density at radius 2 is 1.90 bits per heavy atom. The minimum atomic E-state index is -0.674. The van der Waals surface area contributed by atoms with Gasteiger partial charge in [-0.1, -0.05) is 38.5 Å². The van der Waals surface area contributed by atoms with Gasteiger partial charge in [0.2, 0.25) is 5.91 Å². The Morgan fingerprint density at radius 3 is 2.68 bits per heavy atom. The number of benzene rings is 3. The lowest BCUT2D eigenvalue weighted by molar-refractivity contribution is -0.137. The third-order valence-electron chi connectivity index (χ3n) is 11.2. The van der Waals surface area contributed by atoms with E-state index in [1.165, 1.54) is 7.11 Å². The second-order valence-electron chi connectivity index (χ2n) is 14.4. The van der Waals surface area contributed by atoms with Gasteiger partial charge in [-0.05, 0) is 91.8 Å². The third kappa shape index (κ3) is 5.57. The Kier molecular flexibility index (Phi) is 8.25. The van der Waals surface area contributed by atoms with Crippen LogP contribution in [0.2, 0.25) is 0 Å². The van der Waals surface area contributed by atoms with Gasteiger partial charge >= 0.3 is 6.09 Å². The summed E-state index contributed by atoms with van der Waals surface area (Å²) in [6.45, 7) is 8.73. The minimum Gasteiger partial charge on any atom is -0.488 e. The van der Waals surface area contributed by atoms with Crippen LogP contribution in [0, 0.1) is 5.92 Å². The maximum absolute atomic E-state index is 13.9. The van der Waals surface area contributed by atoms with E-state index in [0.29, 0.717) is 12.6 Å². The lowest BCUT2D eigenvalue weighted by Crippen LogP contribution is -2.53. The highest BCUT2D eigenvalue weighted by molar-refractivity contribution is 6.07. The van der Waals surface area contributed by atoms with Crippen molar-refractivity contribution in [3.63, 3.8) is 0 Å². The van der Waals surface area contributed by atoms with Crippen LogP contribution in [0.1, 0.15) is 89.1 Å². The summed E-state index contributed by atoms with van der Waals surface area (Å²) in [4.78, 5) is 44.8. The maximum atomic E-state index is 13.9. The fourth-order valence-corrected chi connectivity index (χ4v) is 8.09. The number of carbonyl (C=O) groups is 2. The van der Waals surface area contributed by atoms with Crippen molar-refractivity contribution < 1.29 is 19.1 Å². The molecule has 0 saturated carbocycles. The number of hydrogen-bond acceptors (Lipinski definition) is 7. The molecule has 0 radical (unpaired) electrons. The number of likely N-dealkylation sites (tertiary alicyclic amines) is 1. The number of aromatic nitrogens is 4. The number of hydrogen-bond donors (Lipinski definition) is 4. The third-order valence-corrected chi connectivity index (χ3v) is 11.2. The van der Waals surface area contributed by atoms with Crippen LogP contribution in [-0.2, 0) is 16.1 Å². The van der Waals surface area contributed by atoms with E-state index in [2.05, 4.69) is 76.9 Å². The Balaban J connectivity index is 1.06. The Bertz CT molecular complexity index is 2100. The minimum absolute atomic E-state index is 0.0173. The van der Waals surface area contributed by atoms with Crippen molar-refractivity contribution in [2.24, 2.45) is 5.92 Å². The highest BCUT2D eigenvalue weighted by Crippen LogP contribution is 2.43. The topological polar surface area (TPSA) is 137 Å². The number of aromatic amines is 2. The van der Waals surface area contributed by atoms with Gasteiger partial charge in [-0.25, -0.2) is 14.8 Å². The molecule has 5 aromatic rings. The summed E-state index contributed by atoms with van der Waals surface area (Å²) in [5.74, 6) is 2.46. The molecule has 6 atom stereocenters. The molecule has 2 amide bonds. The first-order valence-corrected chi connectivity index (χ1v) is 17.9. The number of amides is 2. The smallest absolute Gasteiger partial charge is 0.407 e. The van der Waals surface area contributed by atoms with Crippen molar-refractivity contribution in [2.45, 2.75) is 96.6 Å². The monoisotopic (exact) mass is 675 g/mol. The lowest BCUT2D eigenvalue weighted by Gasteiger charge is -2.33. The van der Waals surface area contributed by atoms with Gasteiger partial charge in [-0.15, -0.1) is 0 Å². The molecule has 4 N–H and O–H groups in total.